The van der Waals surface area contributed by atoms with Crippen molar-refractivity contribution in [3.8, 4) is 0 Å². The number of rotatable bonds is 12. The van der Waals surface area contributed by atoms with E-state index in [0.717, 1.165) is 17.8 Å². The summed E-state index contributed by atoms with van der Waals surface area (Å²) in [6.45, 7) is 11.9. The van der Waals surface area contributed by atoms with Crippen LogP contribution >= 0.6 is 0 Å². The monoisotopic (exact) mass is 254 g/mol. The van der Waals surface area contributed by atoms with Gasteiger partial charge >= 0.3 is 0 Å². The van der Waals surface area contributed by atoms with E-state index < -0.39 is 0 Å². The number of unbranched alkanes of at least 4 members (excludes halogenated alkanes) is 6. The van der Waals surface area contributed by atoms with Crippen LogP contribution in [0, 0.1) is 17.8 Å². The van der Waals surface area contributed by atoms with Gasteiger partial charge in [-0.05, 0) is 17.8 Å². The second kappa shape index (κ2) is 12.1. The quantitative estimate of drug-likeness (QED) is 0.335. The highest BCUT2D eigenvalue weighted by Crippen LogP contribution is 2.31. The molecule has 0 heteroatoms. The van der Waals surface area contributed by atoms with Crippen molar-refractivity contribution in [2.75, 3.05) is 0 Å². The van der Waals surface area contributed by atoms with Crippen molar-refractivity contribution in [1.82, 2.24) is 0 Å². The van der Waals surface area contributed by atoms with Crippen LogP contribution < -0.4 is 0 Å². The van der Waals surface area contributed by atoms with Gasteiger partial charge in [-0.25, -0.2) is 0 Å². The molecule has 0 bridgehead atoms. The van der Waals surface area contributed by atoms with Gasteiger partial charge in [0, 0.05) is 0 Å². The lowest BCUT2D eigenvalue weighted by atomic mass is 9.77. The van der Waals surface area contributed by atoms with Crippen LogP contribution in [0.5, 0.6) is 0 Å². The minimum absolute atomic E-state index is 0.865. The zero-order valence-electron chi connectivity index (χ0n) is 13.8. The first-order valence-corrected chi connectivity index (χ1v) is 8.67. The van der Waals surface area contributed by atoms with Crippen molar-refractivity contribution in [2.24, 2.45) is 17.8 Å². The largest absolute Gasteiger partial charge is 0.0654 e. The van der Waals surface area contributed by atoms with Crippen molar-refractivity contribution in [3.63, 3.8) is 0 Å². The summed E-state index contributed by atoms with van der Waals surface area (Å²) in [5.41, 5.74) is 0. The van der Waals surface area contributed by atoms with Gasteiger partial charge in [0.15, 0.2) is 0 Å². The standard InChI is InChI=1S/C18H38/c1-6-9-10-11-12-13-14-15-17(7-2)18(8-3)16(4)5/h16-18H,6-15H2,1-5H3. The van der Waals surface area contributed by atoms with Crippen LogP contribution in [0.3, 0.4) is 0 Å². The van der Waals surface area contributed by atoms with E-state index in [9.17, 15) is 0 Å². The Morgan fingerprint density at radius 3 is 1.67 bits per heavy atom. The molecule has 0 aromatic carbocycles. The Labute approximate surface area is 117 Å². The van der Waals surface area contributed by atoms with Gasteiger partial charge in [0.25, 0.3) is 0 Å². The van der Waals surface area contributed by atoms with Crippen molar-refractivity contribution < 1.29 is 0 Å². The summed E-state index contributed by atoms with van der Waals surface area (Å²) in [7, 11) is 0. The first-order chi connectivity index (χ1) is 8.67. The van der Waals surface area contributed by atoms with Gasteiger partial charge in [-0.3, -0.25) is 0 Å². The summed E-state index contributed by atoms with van der Waals surface area (Å²) < 4.78 is 0. The summed E-state index contributed by atoms with van der Waals surface area (Å²) >= 11 is 0. The number of hydrogen-bond donors (Lipinski definition) is 0. The topological polar surface area (TPSA) is 0 Å². The lowest BCUT2D eigenvalue weighted by Gasteiger charge is -2.28. The van der Waals surface area contributed by atoms with Gasteiger partial charge in [-0.1, -0.05) is 98.8 Å². The fraction of sp³-hybridized carbons (Fsp3) is 1.00. The molecular weight excluding hydrogens is 216 g/mol. The SMILES string of the molecule is CCCCCCCCCC(CC)C(CC)C(C)C. The molecule has 0 rings (SSSR count). The maximum absolute atomic E-state index is 2.40. The van der Waals surface area contributed by atoms with E-state index in [0.29, 0.717) is 0 Å². The minimum Gasteiger partial charge on any atom is -0.0654 e. The Bertz CT molecular complexity index is 159. The fourth-order valence-corrected chi connectivity index (χ4v) is 3.43. The van der Waals surface area contributed by atoms with E-state index in [2.05, 4.69) is 34.6 Å². The smallest absolute Gasteiger partial charge is 0.0365 e. The minimum atomic E-state index is 0.865. The van der Waals surface area contributed by atoms with Crippen molar-refractivity contribution in [3.05, 3.63) is 0 Å². The molecule has 0 aliphatic heterocycles. The third kappa shape index (κ3) is 8.16. The molecule has 0 N–H and O–H groups in total. The Morgan fingerprint density at radius 1 is 0.667 bits per heavy atom. The Hall–Kier alpha value is 0. The van der Waals surface area contributed by atoms with Crippen molar-refractivity contribution in [1.29, 1.82) is 0 Å². The van der Waals surface area contributed by atoms with Gasteiger partial charge in [0.1, 0.15) is 0 Å². The Kier molecular flexibility index (Phi) is 12.1. The molecule has 2 unspecified atom stereocenters. The number of hydrogen-bond acceptors (Lipinski definition) is 0. The zero-order chi connectivity index (χ0) is 13.8. The average molecular weight is 255 g/mol. The second-order valence-corrected chi connectivity index (χ2v) is 6.39. The molecule has 0 radical (unpaired) electrons. The summed E-state index contributed by atoms with van der Waals surface area (Å²) in [5.74, 6) is 2.80. The van der Waals surface area contributed by atoms with Crippen molar-refractivity contribution >= 4 is 0 Å². The van der Waals surface area contributed by atoms with Crippen molar-refractivity contribution in [2.45, 2.75) is 98.8 Å². The first kappa shape index (κ1) is 18.0. The summed E-state index contributed by atoms with van der Waals surface area (Å²) in [5, 5.41) is 0. The van der Waals surface area contributed by atoms with E-state index in [-0.39, 0.29) is 0 Å². The molecule has 0 aliphatic rings. The Morgan fingerprint density at radius 2 is 1.22 bits per heavy atom. The van der Waals surface area contributed by atoms with E-state index >= 15 is 0 Å². The maximum atomic E-state index is 2.40. The highest BCUT2D eigenvalue weighted by molar-refractivity contribution is 4.71. The molecule has 0 aromatic rings. The van der Waals surface area contributed by atoms with Crippen LogP contribution in [0.1, 0.15) is 98.8 Å². The van der Waals surface area contributed by atoms with Gasteiger partial charge in [-0.2, -0.15) is 0 Å². The Balaban J connectivity index is 3.67. The van der Waals surface area contributed by atoms with Crippen LogP contribution in [0.25, 0.3) is 0 Å². The predicted molar refractivity (Wildman–Crippen MR) is 85.0 cm³/mol. The van der Waals surface area contributed by atoms with Crippen LogP contribution in [0.4, 0.5) is 0 Å². The van der Waals surface area contributed by atoms with E-state index in [4.69, 9.17) is 0 Å². The molecule has 0 nitrogen and oxygen atoms in total. The third-order valence-electron chi connectivity index (χ3n) is 4.64. The molecule has 0 fully saturated rings. The van der Waals surface area contributed by atoms with Gasteiger partial charge in [0.2, 0.25) is 0 Å². The molecule has 18 heavy (non-hydrogen) atoms. The van der Waals surface area contributed by atoms with Gasteiger partial charge < -0.3 is 0 Å². The molecule has 0 spiro atoms. The van der Waals surface area contributed by atoms with Crippen LogP contribution in [0.2, 0.25) is 0 Å². The first-order valence-electron chi connectivity index (χ1n) is 8.67. The van der Waals surface area contributed by atoms with Crippen LogP contribution in [0.15, 0.2) is 0 Å². The molecule has 0 heterocycles. The maximum Gasteiger partial charge on any atom is -0.0365 e. The lowest BCUT2D eigenvalue weighted by Crippen LogP contribution is -2.19. The summed E-state index contributed by atoms with van der Waals surface area (Å²) in [4.78, 5) is 0. The fourth-order valence-electron chi connectivity index (χ4n) is 3.43. The molecule has 0 saturated heterocycles. The molecule has 0 aromatic heterocycles. The molecule has 110 valence electrons. The lowest BCUT2D eigenvalue weighted by molar-refractivity contribution is 0.220. The summed E-state index contributed by atoms with van der Waals surface area (Å²) in [6.07, 6.45) is 14.3. The summed E-state index contributed by atoms with van der Waals surface area (Å²) in [6, 6.07) is 0. The van der Waals surface area contributed by atoms with E-state index in [1.54, 1.807) is 0 Å². The molecule has 0 amide bonds. The van der Waals surface area contributed by atoms with Gasteiger partial charge in [-0.15, -0.1) is 0 Å². The van der Waals surface area contributed by atoms with Crippen LogP contribution in [-0.4, -0.2) is 0 Å². The molecule has 0 saturated carbocycles. The molecule has 0 aliphatic carbocycles. The second-order valence-electron chi connectivity index (χ2n) is 6.39. The van der Waals surface area contributed by atoms with Gasteiger partial charge in [0.05, 0.1) is 0 Å². The average Bonchev–Trinajstić information content (AvgIpc) is 2.35. The van der Waals surface area contributed by atoms with E-state index in [1.807, 2.05) is 0 Å². The normalized spacial score (nSPS) is 15.0. The zero-order valence-corrected chi connectivity index (χ0v) is 13.8. The third-order valence-corrected chi connectivity index (χ3v) is 4.64. The highest BCUT2D eigenvalue weighted by atomic mass is 14.3. The molecular formula is C18H38. The van der Waals surface area contributed by atoms with E-state index in [1.165, 1.54) is 64.2 Å². The predicted octanol–water partition coefficient (Wildman–Crippen LogP) is 6.84. The highest BCUT2D eigenvalue weighted by Gasteiger charge is 2.20. The molecule has 2 atom stereocenters. The van der Waals surface area contributed by atoms with Crippen LogP contribution in [-0.2, 0) is 0 Å².